The van der Waals surface area contributed by atoms with Crippen LogP contribution < -0.4 is 11.3 Å². The maximum Gasteiger partial charge on any atom is 0.262 e. The Balaban J connectivity index is 2.59. The van der Waals surface area contributed by atoms with Gasteiger partial charge >= 0.3 is 0 Å². The van der Waals surface area contributed by atoms with E-state index in [0.717, 1.165) is 0 Å². The highest BCUT2D eigenvalue weighted by Crippen LogP contribution is 2.19. The van der Waals surface area contributed by atoms with Crippen molar-refractivity contribution in [2.75, 3.05) is 13.7 Å². The largest absolute Gasteiger partial charge is 0.384 e. The van der Waals surface area contributed by atoms with Crippen molar-refractivity contribution in [1.82, 2.24) is 4.57 Å². The van der Waals surface area contributed by atoms with Crippen molar-refractivity contribution in [2.45, 2.75) is 6.54 Å². The number of aromatic nitrogens is 1. The van der Waals surface area contributed by atoms with Crippen LogP contribution in [0.3, 0.4) is 0 Å². The highest BCUT2D eigenvalue weighted by atomic mass is 19.1. The van der Waals surface area contributed by atoms with Gasteiger partial charge in [-0.1, -0.05) is 0 Å². The highest BCUT2D eigenvalue weighted by molar-refractivity contribution is 5.94. The van der Waals surface area contributed by atoms with Crippen molar-refractivity contribution in [1.29, 1.82) is 5.41 Å². The normalized spacial score (nSPS) is 10.6. The molecular weight excluding hydrogens is 273 g/mol. The number of nitrogens with one attached hydrogen (secondary N) is 1. The molecule has 1 heterocycles. The summed E-state index contributed by atoms with van der Waals surface area (Å²) in [5, 5.41) is 7.44. The summed E-state index contributed by atoms with van der Waals surface area (Å²) in [7, 11) is 1.54. The van der Waals surface area contributed by atoms with E-state index in [0.29, 0.717) is 24.4 Å². The van der Waals surface area contributed by atoms with Crippen molar-refractivity contribution in [3.63, 3.8) is 0 Å². The van der Waals surface area contributed by atoms with Gasteiger partial charge in [0.1, 0.15) is 11.7 Å². The number of nitrogens with two attached hydrogens (primary N) is 1. The van der Waals surface area contributed by atoms with Gasteiger partial charge in [0.05, 0.1) is 17.9 Å². The molecule has 0 aliphatic rings. The minimum atomic E-state index is -0.360. The standard InChI is InChI=1S/C15H16FN3O2/c1-21-9-8-19-13(10-2-4-11(16)5-3-10)7-6-12(14(17)18)15(19)20/h2-7H,8-9H2,1H3,(H3,17,18). The fourth-order valence-electron chi connectivity index (χ4n) is 2.06. The van der Waals surface area contributed by atoms with E-state index in [1.165, 1.54) is 29.9 Å². The number of hydrogen-bond acceptors (Lipinski definition) is 3. The molecule has 0 amide bonds. The number of halogens is 1. The molecule has 0 saturated carbocycles. The molecule has 0 aliphatic heterocycles. The Kier molecular flexibility index (Phi) is 4.49. The molecule has 5 nitrogen and oxygen atoms in total. The molecule has 0 aliphatic carbocycles. The molecule has 0 atom stereocenters. The highest BCUT2D eigenvalue weighted by Gasteiger charge is 2.12. The number of ether oxygens (including phenoxy) is 1. The van der Waals surface area contributed by atoms with Crippen molar-refractivity contribution in [3.8, 4) is 11.3 Å². The van der Waals surface area contributed by atoms with Gasteiger partial charge in [0.15, 0.2) is 0 Å². The smallest absolute Gasteiger partial charge is 0.262 e. The number of amidine groups is 1. The molecule has 1 aromatic carbocycles. The van der Waals surface area contributed by atoms with E-state index in [2.05, 4.69) is 0 Å². The summed E-state index contributed by atoms with van der Waals surface area (Å²) in [6, 6.07) is 9.06. The summed E-state index contributed by atoms with van der Waals surface area (Å²) in [4.78, 5) is 12.4. The van der Waals surface area contributed by atoms with Gasteiger partial charge in [0.2, 0.25) is 0 Å². The molecule has 2 rings (SSSR count). The lowest BCUT2D eigenvalue weighted by Crippen LogP contribution is -2.31. The maximum absolute atomic E-state index is 13.0. The second-order valence-electron chi connectivity index (χ2n) is 4.50. The van der Waals surface area contributed by atoms with Gasteiger partial charge in [0, 0.05) is 13.7 Å². The summed E-state index contributed by atoms with van der Waals surface area (Å²) in [5.74, 6) is -0.623. The summed E-state index contributed by atoms with van der Waals surface area (Å²) in [6.07, 6.45) is 0. The molecule has 110 valence electrons. The van der Waals surface area contributed by atoms with E-state index in [-0.39, 0.29) is 22.8 Å². The van der Waals surface area contributed by atoms with Crippen LogP contribution in [0.4, 0.5) is 4.39 Å². The Bertz CT molecular complexity index is 708. The Morgan fingerprint density at radius 2 is 1.95 bits per heavy atom. The average Bonchev–Trinajstić information content (AvgIpc) is 2.46. The van der Waals surface area contributed by atoms with Gasteiger partial charge < -0.3 is 15.0 Å². The minimum Gasteiger partial charge on any atom is -0.384 e. The topological polar surface area (TPSA) is 81.1 Å². The van der Waals surface area contributed by atoms with Crippen LogP contribution in [0.1, 0.15) is 5.56 Å². The third-order valence-electron chi connectivity index (χ3n) is 3.12. The Hall–Kier alpha value is -2.47. The van der Waals surface area contributed by atoms with E-state index in [9.17, 15) is 9.18 Å². The molecule has 0 unspecified atom stereocenters. The third kappa shape index (κ3) is 3.17. The fourth-order valence-corrected chi connectivity index (χ4v) is 2.06. The first kappa shape index (κ1) is 14.9. The maximum atomic E-state index is 13.0. The number of benzene rings is 1. The number of hydrogen-bond donors (Lipinski definition) is 2. The first-order chi connectivity index (χ1) is 10.0. The van der Waals surface area contributed by atoms with Gasteiger partial charge in [-0.3, -0.25) is 10.2 Å². The van der Waals surface area contributed by atoms with E-state index >= 15 is 0 Å². The van der Waals surface area contributed by atoms with Gasteiger partial charge in [-0.05, 0) is 42.0 Å². The van der Waals surface area contributed by atoms with E-state index in [4.69, 9.17) is 15.9 Å². The van der Waals surface area contributed by atoms with Crippen LogP contribution in [0.15, 0.2) is 41.2 Å². The molecule has 6 heteroatoms. The minimum absolute atomic E-state index is 0.136. The van der Waals surface area contributed by atoms with Crippen LogP contribution in [0.25, 0.3) is 11.3 Å². The molecule has 0 radical (unpaired) electrons. The number of methoxy groups -OCH3 is 1. The quantitative estimate of drug-likeness (QED) is 0.648. The zero-order chi connectivity index (χ0) is 15.4. The molecule has 0 saturated heterocycles. The second kappa shape index (κ2) is 6.32. The molecule has 0 bridgehead atoms. The van der Waals surface area contributed by atoms with E-state index < -0.39 is 0 Å². The van der Waals surface area contributed by atoms with Crippen LogP contribution in [0.5, 0.6) is 0 Å². The average molecular weight is 289 g/mol. The van der Waals surface area contributed by atoms with Gasteiger partial charge in [-0.2, -0.15) is 0 Å². The predicted octanol–water partition coefficient (Wildman–Crippen LogP) is 1.58. The Morgan fingerprint density at radius 1 is 1.29 bits per heavy atom. The van der Waals surface area contributed by atoms with Crippen molar-refractivity contribution < 1.29 is 9.13 Å². The lowest BCUT2D eigenvalue weighted by Gasteiger charge is -2.14. The molecule has 3 N–H and O–H groups in total. The first-order valence-corrected chi connectivity index (χ1v) is 6.37. The van der Waals surface area contributed by atoms with E-state index in [1.807, 2.05) is 0 Å². The van der Waals surface area contributed by atoms with Crippen LogP contribution >= 0.6 is 0 Å². The zero-order valence-electron chi connectivity index (χ0n) is 11.6. The molecule has 2 aromatic rings. The summed E-state index contributed by atoms with van der Waals surface area (Å²) in [5.41, 5.74) is 6.52. The molecule has 0 fully saturated rings. The van der Waals surface area contributed by atoms with E-state index in [1.54, 1.807) is 18.2 Å². The second-order valence-corrected chi connectivity index (χ2v) is 4.50. The van der Waals surface area contributed by atoms with Gasteiger partial charge in [-0.25, -0.2) is 4.39 Å². The molecular formula is C15H16FN3O2. The molecule has 1 aromatic heterocycles. The van der Waals surface area contributed by atoms with Crippen LogP contribution in [0, 0.1) is 11.2 Å². The number of rotatable bonds is 5. The van der Waals surface area contributed by atoms with Crippen LogP contribution in [-0.2, 0) is 11.3 Å². The summed E-state index contributed by atoms with van der Waals surface area (Å²) >= 11 is 0. The fraction of sp³-hybridized carbons (Fsp3) is 0.200. The van der Waals surface area contributed by atoms with Gasteiger partial charge in [0.25, 0.3) is 5.56 Å². The lowest BCUT2D eigenvalue weighted by molar-refractivity contribution is 0.186. The third-order valence-corrected chi connectivity index (χ3v) is 3.12. The number of nitrogens with zero attached hydrogens (tertiary/aromatic N) is 1. The summed E-state index contributed by atoms with van der Waals surface area (Å²) in [6.45, 7) is 0.665. The Morgan fingerprint density at radius 3 is 2.52 bits per heavy atom. The summed E-state index contributed by atoms with van der Waals surface area (Å²) < 4.78 is 19.5. The monoisotopic (exact) mass is 289 g/mol. The lowest BCUT2D eigenvalue weighted by atomic mass is 10.1. The van der Waals surface area contributed by atoms with Crippen molar-refractivity contribution >= 4 is 5.84 Å². The Labute approximate surface area is 121 Å². The molecule has 0 spiro atoms. The number of pyridine rings is 1. The zero-order valence-corrected chi connectivity index (χ0v) is 11.6. The van der Waals surface area contributed by atoms with Crippen molar-refractivity contribution in [3.05, 3.63) is 58.1 Å². The van der Waals surface area contributed by atoms with Gasteiger partial charge in [-0.15, -0.1) is 0 Å². The van der Waals surface area contributed by atoms with Crippen LogP contribution in [-0.4, -0.2) is 24.1 Å². The first-order valence-electron chi connectivity index (χ1n) is 6.37. The van der Waals surface area contributed by atoms with Crippen LogP contribution in [0.2, 0.25) is 0 Å². The van der Waals surface area contributed by atoms with Crippen molar-refractivity contribution in [2.24, 2.45) is 5.73 Å². The number of nitrogen functional groups attached to an aromatic ring is 1. The molecule has 21 heavy (non-hydrogen) atoms. The predicted molar refractivity (Wildman–Crippen MR) is 79.0 cm³/mol. The SMILES string of the molecule is COCCn1c(-c2ccc(F)cc2)ccc(C(=N)N)c1=O.